The first-order chi connectivity index (χ1) is 13.4. The lowest BCUT2D eigenvalue weighted by Crippen LogP contribution is -2.39. The zero-order chi connectivity index (χ0) is 18.7. The number of hydrogen-bond donors (Lipinski definition) is 0. The topological polar surface area (TPSA) is 13.1 Å². The highest BCUT2D eigenvalue weighted by Crippen LogP contribution is 2.16. The van der Waals surface area contributed by atoms with Crippen LogP contribution in [0.1, 0.15) is 63.9 Å². The molecule has 0 aliphatic rings. The molecule has 0 saturated heterocycles. The smallest absolute Gasteiger partial charge is 0.231 e. The number of nitrogens with zero attached hydrogens (tertiary/aromatic N) is 1. The molecular formula is C25H32NO+. The summed E-state index contributed by atoms with van der Waals surface area (Å²) in [6.45, 7) is 2.27. The van der Waals surface area contributed by atoms with Gasteiger partial charge in [0.15, 0.2) is 0 Å². The average Bonchev–Trinajstić information content (AvgIpc) is 2.71. The zero-order valence-electron chi connectivity index (χ0n) is 16.6. The van der Waals surface area contributed by atoms with Crippen LogP contribution in [0.15, 0.2) is 66.9 Å². The van der Waals surface area contributed by atoms with Crippen molar-refractivity contribution in [3.63, 3.8) is 0 Å². The van der Waals surface area contributed by atoms with E-state index in [0.29, 0.717) is 0 Å². The Bertz CT molecular complexity index is 805. The summed E-state index contributed by atoms with van der Waals surface area (Å²) >= 11 is 0. The highest BCUT2D eigenvalue weighted by Gasteiger charge is 2.10. The predicted molar refractivity (Wildman–Crippen MR) is 113 cm³/mol. The van der Waals surface area contributed by atoms with Gasteiger partial charge in [0.05, 0.1) is 5.39 Å². The molecule has 0 aliphatic heterocycles. The zero-order valence-corrected chi connectivity index (χ0v) is 16.6. The van der Waals surface area contributed by atoms with Crippen LogP contribution in [0.4, 0.5) is 0 Å². The van der Waals surface area contributed by atoms with Crippen LogP contribution in [0, 0.1) is 0 Å². The molecule has 0 radical (unpaired) electrons. The summed E-state index contributed by atoms with van der Waals surface area (Å²) < 4.78 is 1.84. The lowest BCUT2D eigenvalue weighted by molar-refractivity contribution is -0.854. The molecule has 0 bridgehead atoms. The third-order valence-corrected chi connectivity index (χ3v) is 5.12. The number of hydrogen-bond acceptors (Lipinski definition) is 1. The Hall–Kier alpha value is -2.35. The minimum atomic E-state index is 0.871. The Morgan fingerprint density at radius 3 is 2.15 bits per heavy atom. The van der Waals surface area contributed by atoms with E-state index in [-0.39, 0.29) is 0 Å². The molecule has 2 heteroatoms. The Kier molecular flexibility index (Phi) is 7.70. The fourth-order valence-electron chi connectivity index (χ4n) is 3.51. The fraction of sp³-hybridized carbons (Fsp3) is 0.400. The van der Waals surface area contributed by atoms with E-state index in [0.717, 1.165) is 17.7 Å². The molecule has 142 valence electrons. The van der Waals surface area contributed by atoms with Gasteiger partial charge in [0.25, 0.3) is 5.52 Å². The molecule has 0 N–H and O–H groups in total. The normalized spacial score (nSPS) is 11.0. The molecule has 0 fully saturated rings. The van der Waals surface area contributed by atoms with Crippen LogP contribution in [-0.2, 0) is 6.42 Å². The molecule has 0 aliphatic carbocycles. The van der Waals surface area contributed by atoms with Crippen LogP contribution in [0.3, 0.4) is 0 Å². The fourth-order valence-corrected chi connectivity index (χ4v) is 3.51. The number of unbranched alkanes of at least 4 members (excludes halogenated alkanes) is 7. The van der Waals surface area contributed by atoms with E-state index in [1.165, 1.54) is 62.3 Å². The van der Waals surface area contributed by atoms with E-state index in [1.807, 2.05) is 29.1 Å². The van der Waals surface area contributed by atoms with Crippen molar-refractivity contribution in [3.05, 3.63) is 72.4 Å². The Balaban J connectivity index is 1.45. The minimum Gasteiger partial charge on any atom is -0.231 e. The second-order valence-electron chi connectivity index (χ2n) is 7.35. The van der Waals surface area contributed by atoms with Gasteiger partial charge < -0.3 is 0 Å². The lowest BCUT2D eigenvalue weighted by Gasteiger charge is -2.04. The van der Waals surface area contributed by atoms with E-state index in [9.17, 15) is 0 Å². The van der Waals surface area contributed by atoms with Crippen LogP contribution in [0.25, 0.3) is 10.9 Å². The van der Waals surface area contributed by atoms with Gasteiger partial charge in [0.2, 0.25) is 11.9 Å². The van der Waals surface area contributed by atoms with Crippen LogP contribution >= 0.6 is 0 Å². The summed E-state index contributed by atoms with van der Waals surface area (Å²) in [5.74, 6) is 0.871. The molecule has 3 aromatic rings. The monoisotopic (exact) mass is 362 g/mol. The first-order valence-corrected chi connectivity index (χ1v) is 10.5. The largest absolute Gasteiger partial charge is 0.265 e. The number of aryl methyl sites for hydroxylation is 1. The van der Waals surface area contributed by atoms with Crippen molar-refractivity contribution in [3.8, 4) is 5.75 Å². The quantitative estimate of drug-likeness (QED) is 0.275. The summed E-state index contributed by atoms with van der Waals surface area (Å²) in [5, 5.41) is 1.17. The third-order valence-electron chi connectivity index (χ3n) is 5.12. The van der Waals surface area contributed by atoms with E-state index < -0.39 is 0 Å². The molecule has 2 nitrogen and oxygen atoms in total. The van der Waals surface area contributed by atoms with Gasteiger partial charge in [0, 0.05) is 16.9 Å². The highest BCUT2D eigenvalue weighted by molar-refractivity contribution is 5.74. The van der Waals surface area contributed by atoms with Gasteiger partial charge in [-0.1, -0.05) is 76.1 Å². The average molecular weight is 363 g/mol. The van der Waals surface area contributed by atoms with Crippen molar-refractivity contribution in [1.29, 1.82) is 0 Å². The van der Waals surface area contributed by atoms with Crippen molar-refractivity contribution in [1.82, 2.24) is 0 Å². The second kappa shape index (κ2) is 10.7. The van der Waals surface area contributed by atoms with Gasteiger partial charge >= 0.3 is 0 Å². The van der Waals surface area contributed by atoms with Crippen LogP contribution in [-0.4, -0.2) is 0 Å². The van der Waals surface area contributed by atoms with E-state index in [2.05, 4.69) is 49.4 Å². The highest BCUT2D eigenvalue weighted by atomic mass is 16.7. The van der Waals surface area contributed by atoms with E-state index in [1.54, 1.807) is 0 Å². The molecule has 0 unspecified atom stereocenters. The first kappa shape index (κ1) is 19.4. The maximum Gasteiger partial charge on any atom is 0.265 e. The molecule has 2 aromatic carbocycles. The standard InChI is InChI=1S/C25H32NO/c1-2-3-4-5-6-7-8-9-13-22-17-19-24(20-18-22)27-26-21-12-15-23-14-10-11-16-25(23)26/h10-12,14-21H,2-9,13H2,1H3/q+1. The maximum absolute atomic E-state index is 6.05. The molecule has 1 aromatic heterocycles. The van der Waals surface area contributed by atoms with Crippen molar-refractivity contribution >= 4 is 10.9 Å². The second-order valence-corrected chi connectivity index (χ2v) is 7.35. The van der Waals surface area contributed by atoms with Gasteiger partial charge in [-0.15, -0.1) is 0 Å². The summed E-state index contributed by atoms with van der Waals surface area (Å²) in [5.41, 5.74) is 2.47. The Morgan fingerprint density at radius 1 is 0.704 bits per heavy atom. The van der Waals surface area contributed by atoms with E-state index in [4.69, 9.17) is 4.84 Å². The van der Waals surface area contributed by atoms with Gasteiger partial charge in [-0.05, 0) is 42.7 Å². The first-order valence-electron chi connectivity index (χ1n) is 10.5. The van der Waals surface area contributed by atoms with Gasteiger partial charge in [-0.3, -0.25) is 0 Å². The van der Waals surface area contributed by atoms with Crippen molar-refractivity contribution in [2.45, 2.75) is 64.7 Å². The maximum atomic E-state index is 6.05. The van der Waals surface area contributed by atoms with E-state index >= 15 is 0 Å². The summed E-state index contributed by atoms with van der Waals surface area (Å²) in [7, 11) is 0. The van der Waals surface area contributed by atoms with Crippen LogP contribution in [0.5, 0.6) is 5.75 Å². The summed E-state index contributed by atoms with van der Waals surface area (Å²) in [6, 6.07) is 20.9. The molecule has 1 heterocycles. The van der Waals surface area contributed by atoms with Crippen molar-refractivity contribution in [2.24, 2.45) is 0 Å². The molecule has 27 heavy (non-hydrogen) atoms. The molecule has 0 saturated carbocycles. The molecule has 0 amide bonds. The number of benzene rings is 2. The number of rotatable bonds is 11. The summed E-state index contributed by atoms with van der Waals surface area (Å²) in [4.78, 5) is 6.05. The van der Waals surface area contributed by atoms with Crippen LogP contribution < -0.4 is 9.57 Å². The van der Waals surface area contributed by atoms with Gasteiger partial charge in [0.1, 0.15) is 0 Å². The molecular weight excluding hydrogens is 330 g/mol. The lowest BCUT2D eigenvalue weighted by atomic mass is 10.0. The van der Waals surface area contributed by atoms with Gasteiger partial charge in [-0.25, -0.2) is 4.84 Å². The predicted octanol–water partition coefficient (Wildman–Crippen LogP) is 6.65. The number of aromatic nitrogens is 1. The summed E-state index contributed by atoms with van der Waals surface area (Å²) in [6.07, 6.45) is 14.1. The number of pyridine rings is 1. The van der Waals surface area contributed by atoms with Crippen molar-refractivity contribution < 1.29 is 9.57 Å². The van der Waals surface area contributed by atoms with Crippen molar-refractivity contribution in [2.75, 3.05) is 0 Å². The SMILES string of the molecule is CCCCCCCCCCc1ccc(O[n+]2cccc3ccccc32)cc1. The Morgan fingerprint density at radius 2 is 1.37 bits per heavy atom. The molecule has 0 atom stereocenters. The molecule has 3 rings (SSSR count). The van der Waals surface area contributed by atoms with Crippen LogP contribution in [0.2, 0.25) is 0 Å². The number of fused-ring (bicyclic) bond motifs is 1. The van der Waals surface area contributed by atoms with Gasteiger partial charge in [-0.2, -0.15) is 0 Å². The Labute approximate surface area is 163 Å². The minimum absolute atomic E-state index is 0.871. The third kappa shape index (κ3) is 6.09. The number of para-hydroxylation sites is 1. The molecule has 0 spiro atoms.